The molecule has 0 aromatic carbocycles. The van der Waals surface area contributed by atoms with Gasteiger partial charge in [-0.1, -0.05) is 0 Å². The Bertz CT molecular complexity index is 268. The zero-order chi connectivity index (χ0) is 9.10. The average molecular weight is 183 g/mol. The lowest BCUT2D eigenvalue weighted by Crippen LogP contribution is -2.16. The van der Waals surface area contributed by atoms with Crippen molar-refractivity contribution in [1.29, 1.82) is 0 Å². The highest BCUT2D eigenvalue weighted by molar-refractivity contribution is 5.10. The molecule has 0 amide bonds. The Morgan fingerprint density at radius 2 is 2.46 bits per heavy atom. The summed E-state index contributed by atoms with van der Waals surface area (Å²) in [6.45, 7) is 0.783. The molecule has 1 aliphatic carbocycles. The average Bonchev–Trinajstić information content (AvgIpc) is 2.88. The second-order valence-corrected chi connectivity index (χ2v) is 3.43. The molecule has 1 aromatic rings. The maximum Gasteiger partial charge on any atom is 0.109 e. The molecule has 4 heteroatoms. The molecule has 1 aliphatic rings. The molecule has 1 heterocycles. The van der Waals surface area contributed by atoms with Gasteiger partial charge in [0.2, 0.25) is 0 Å². The molecule has 3 nitrogen and oxygen atoms in total. The summed E-state index contributed by atoms with van der Waals surface area (Å²) in [7, 11) is 0. The van der Waals surface area contributed by atoms with Gasteiger partial charge in [0.1, 0.15) is 12.5 Å². The highest BCUT2D eigenvalue weighted by Gasteiger charge is 2.26. The van der Waals surface area contributed by atoms with Crippen LogP contribution in [0.15, 0.2) is 6.20 Å². The third-order valence-electron chi connectivity index (χ3n) is 2.20. The Labute approximate surface area is 76.8 Å². The molecular formula is C9H14FN3. The summed E-state index contributed by atoms with van der Waals surface area (Å²) in [4.78, 5) is 7.51. The number of nitrogens with zero attached hydrogens (tertiary/aromatic N) is 1. The Balaban J connectivity index is 1.82. The van der Waals surface area contributed by atoms with Gasteiger partial charge in [-0.15, -0.1) is 0 Å². The predicted octanol–water partition coefficient (Wildman–Crippen LogP) is 1.35. The lowest BCUT2D eigenvalue weighted by molar-refractivity contribution is 0.465. The van der Waals surface area contributed by atoms with E-state index in [4.69, 9.17) is 0 Å². The van der Waals surface area contributed by atoms with Crippen molar-refractivity contribution in [2.24, 2.45) is 0 Å². The number of H-pyrrole nitrogens is 1. The minimum absolute atomic E-state index is 0.316. The fraction of sp³-hybridized carbons (Fsp3) is 0.667. The Hall–Kier alpha value is -0.900. The van der Waals surface area contributed by atoms with Crippen molar-refractivity contribution in [1.82, 2.24) is 15.3 Å². The lowest BCUT2D eigenvalue weighted by Gasteiger charge is -1.97. The van der Waals surface area contributed by atoms with Gasteiger partial charge in [0.15, 0.2) is 0 Å². The number of hydrogen-bond acceptors (Lipinski definition) is 2. The molecule has 0 unspecified atom stereocenters. The monoisotopic (exact) mass is 183 g/mol. The van der Waals surface area contributed by atoms with Gasteiger partial charge < -0.3 is 10.3 Å². The molecule has 0 bridgehead atoms. The van der Waals surface area contributed by atoms with Crippen LogP contribution in [0.4, 0.5) is 4.39 Å². The second kappa shape index (κ2) is 3.87. The molecule has 72 valence electrons. The van der Waals surface area contributed by atoms with Crippen LogP contribution >= 0.6 is 0 Å². The van der Waals surface area contributed by atoms with Crippen LogP contribution in [-0.2, 0) is 6.54 Å². The van der Waals surface area contributed by atoms with Crippen molar-refractivity contribution >= 4 is 0 Å². The van der Waals surface area contributed by atoms with E-state index in [1.807, 2.05) is 6.20 Å². The van der Waals surface area contributed by atoms with Crippen molar-refractivity contribution < 1.29 is 4.39 Å². The first-order valence-electron chi connectivity index (χ1n) is 4.70. The molecular weight excluding hydrogens is 169 g/mol. The van der Waals surface area contributed by atoms with Gasteiger partial charge in [-0.05, 0) is 12.8 Å². The fourth-order valence-corrected chi connectivity index (χ4v) is 1.32. The van der Waals surface area contributed by atoms with E-state index in [1.54, 1.807) is 0 Å². The summed E-state index contributed by atoms with van der Waals surface area (Å²) < 4.78 is 11.8. The number of alkyl halides is 1. The maximum atomic E-state index is 11.8. The van der Waals surface area contributed by atoms with Crippen molar-refractivity contribution in [2.45, 2.75) is 25.3 Å². The summed E-state index contributed by atoms with van der Waals surface area (Å²) in [6.07, 6.45) is 4.34. The Kier molecular flexibility index (Phi) is 2.59. The molecule has 1 aromatic heterocycles. The van der Waals surface area contributed by atoms with Crippen molar-refractivity contribution in [2.75, 3.05) is 13.2 Å². The largest absolute Gasteiger partial charge is 0.345 e. The van der Waals surface area contributed by atoms with Crippen LogP contribution in [0.3, 0.4) is 0 Å². The van der Waals surface area contributed by atoms with Gasteiger partial charge in [0, 0.05) is 30.9 Å². The molecule has 1 fully saturated rings. The van der Waals surface area contributed by atoms with E-state index >= 15 is 0 Å². The predicted molar refractivity (Wildman–Crippen MR) is 48.2 cm³/mol. The number of aromatic amines is 1. The first-order valence-corrected chi connectivity index (χ1v) is 4.70. The van der Waals surface area contributed by atoms with Crippen molar-refractivity contribution in [3.63, 3.8) is 0 Å². The van der Waals surface area contributed by atoms with Crippen LogP contribution in [0, 0.1) is 0 Å². The first kappa shape index (κ1) is 8.69. The highest BCUT2D eigenvalue weighted by atomic mass is 19.1. The van der Waals surface area contributed by atoms with E-state index in [1.165, 1.54) is 12.8 Å². The third-order valence-corrected chi connectivity index (χ3v) is 2.20. The molecule has 2 N–H and O–H groups in total. The van der Waals surface area contributed by atoms with Gasteiger partial charge >= 0.3 is 0 Å². The SMILES string of the molecule is FCCNCc1cnc(C2CC2)[nH]1. The van der Waals surface area contributed by atoms with Gasteiger partial charge in [-0.25, -0.2) is 9.37 Å². The fourth-order valence-electron chi connectivity index (χ4n) is 1.32. The van der Waals surface area contributed by atoms with Crippen molar-refractivity contribution in [3.8, 4) is 0 Å². The van der Waals surface area contributed by atoms with E-state index in [-0.39, 0.29) is 6.67 Å². The van der Waals surface area contributed by atoms with E-state index in [0.717, 1.165) is 11.5 Å². The smallest absolute Gasteiger partial charge is 0.109 e. The lowest BCUT2D eigenvalue weighted by atomic mass is 10.4. The van der Waals surface area contributed by atoms with Crippen LogP contribution in [0.1, 0.15) is 30.3 Å². The van der Waals surface area contributed by atoms with Crippen LogP contribution in [-0.4, -0.2) is 23.2 Å². The van der Waals surface area contributed by atoms with Gasteiger partial charge in [-0.2, -0.15) is 0 Å². The van der Waals surface area contributed by atoms with Gasteiger partial charge in [0.25, 0.3) is 0 Å². The molecule has 0 spiro atoms. The zero-order valence-electron chi connectivity index (χ0n) is 7.52. The molecule has 0 saturated heterocycles. The summed E-state index contributed by atoms with van der Waals surface area (Å²) in [5.41, 5.74) is 1.05. The van der Waals surface area contributed by atoms with Crippen LogP contribution in [0.25, 0.3) is 0 Å². The zero-order valence-corrected chi connectivity index (χ0v) is 7.52. The minimum Gasteiger partial charge on any atom is -0.345 e. The molecule has 0 aliphatic heterocycles. The van der Waals surface area contributed by atoms with Crippen LogP contribution < -0.4 is 5.32 Å². The second-order valence-electron chi connectivity index (χ2n) is 3.43. The Morgan fingerprint density at radius 3 is 3.15 bits per heavy atom. The quantitative estimate of drug-likeness (QED) is 0.676. The molecule has 2 rings (SSSR count). The topological polar surface area (TPSA) is 40.7 Å². The standard InChI is InChI=1S/C9H14FN3/c10-3-4-11-5-8-6-12-9(13-8)7-1-2-7/h6-7,11H,1-5H2,(H,12,13). The number of rotatable bonds is 5. The van der Waals surface area contributed by atoms with E-state index in [9.17, 15) is 4.39 Å². The van der Waals surface area contributed by atoms with E-state index in [0.29, 0.717) is 19.0 Å². The highest BCUT2D eigenvalue weighted by Crippen LogP contribution is 2.37. The van der Waals surface area contributed by atoms with Crippen LogP contribution in [0.5, 0.6) is 0 Å². The maximum absolute atomic E-state index is 11.8. The number of halogens is 1. The van der Waals surface area contributed by atoms with E-state index < -0.39 is 0 Å². The number of hydrogen-bond donors (Lipinski definition) is 2. The minimum atomic E-state index is -0.316. The molecule has 1 saturated carbocycles. The molecule has 13 heavy (non-hydrogen) atoms. The summed E-state index contributed by atoms with van der Waals surface area (Å²) in [5, 5.41) is 2.98. The van der Waals surface area contributed by atoms with Crippen LogP contribution in [0.2, 0.25) is 0 Å². The summed E-state index contributed by atoms with van der Waals surface area (Å²) in [5.74, 6) is 1.76. The number of aromatic nitrogens is 2. The Morgan fingerprint density at radius 1 is 1.62 bits per heavy atom. The first-order chi connectivity index (χ1) is 6.40. The summed E-state index contributed by atoms with van der Waals surface area (Å²) in [6, 6.07) is 0. The van der Waals surface area contributed by atoms with Gasteiger partial charge in [0.05, 0.1) is 0 Å². The van der Waals surface area contributed by atoms with Crippen molar-refractivity contribution in [3.05, 3.63) is 17.7 Å². The molecule has 0 atom stereocenters. The van der Waals surface area contributed by atoms with Gasteiger partial charge in [-0.3, -0.25) is 0 Å². The normalized spacial score (nSPS) is 16.4. The summed E-state index contributed by atoms with van der Waals surface area (Å²) >= 11 is 0. The third kappa shape index (κ3) is 2.28. The number of imidazole rings is 1. The molecule has 0 radical (unpaired) electrons. The number of nitrogens with one attached hydrogen (secondary N) is 2. The van der Waals surface area contributed by atoms with E-state index in [2.05, 4.69) is 15.3 Å².